The Morgan fingerprint density at radius 1 is 1.26 bits per heavy atom. The van der Waals surface area contributed by atoms with Crippen LogP contribution in [-0.4, -0.2) is 66.5 Å². The number of rotatable bonds is 7. The number of benzene rings is 1. The molecule has 0 radical (unpaired) electrons. The molecule has 1 fully saturated rings. The molecule has 3 aromatic rings. The maximum Gasteiger partial charge on any atom is 0.237 e. The van der Waals surface area contributed by atoms with E-state index in [2.05, 4.69) is 20.3 Å². The third kappa shape index (κ3) is 4.21. The van der Waals surface area contributed by atoms with Gasteiger partial charge in [0.1, 0.15) is 30.1 Å². The molecule has 164 valence electrons. The number of aliphatic hydroxyl groups excluding tert-OH is 2. The first-order valence-electron chi connectivity index (χ1n) is 9.97. The van der Waals surface area contributed by atoms with Gasteiger partial charge in [-0.2, -0.15) is 0 Å². The van der Waals surface area contributed by atoms with Crippen LogP contribution in [0.3, 0.4) is 0 Å². The third-order valence-corrected chi connectivity index (χ3v) is 5.44. The fourth-order valence-electron chi connectivity index (χ4n) is 3.72. The molecule has 11 nitrogen and oxygen atoms in total. The van der Waals surface area contributed by atoms with E-state index in [4.69, 9.17) is 16.2 Å². The van der Waals surface area contributed by atoms with Crippen molar-refractivity contribution in [3.05, 3.63) is 48.5 Å². The smallest absolute Gasteiger partial charge is 0.237 e. The number of nitrogen functional groups attached to an aromatic ring is 1. The van der Waals surface area contributed by atoms with Gasteiger partial charge in [0.2, 0.25) is 5.91 Å². The zero-order chi connectivity index (χ0) is 22.0. The fourth-order valence-corrected chi connectivity index (χ4v) is 3.72. The average molecular weight is 427 g/mol. The van der Waals surface area contributed by atoms with Gasteiger partial charge < -0.3 is 31.7 Å². The predicted octanol–water partition coefficient (Wildman–Crippen LogP) is -0.896. The summed E-state index contributed by atoms with van der Waals surface area (Å²) in [5.41, 5.74) is 13.8. The van der Waals surface area contributed by atoms with Gasteiger partial charge in [0, 0.05) is 0 Å². The zero-order valence-corrected chi connectivity index (χ0v) is 16.7. The van der Waals surface area contributed by atoms with Crippen LogP contribution in [0.2, 0.25) is 0 Å². The number of anilines is 1. The molecule has 0 bridgehead atoms. The van der Waals surface area contributed by atoms with Gasteiger partial charge in [-0.15, -0.1) is 0 Å². The fraction of sp³-hybridized carbons (Fsp3) is 0.400. The lowest BCUT2D eigenvalue weighted by atomic mass is 10.0. The van der Waals surface area contributed by atoms with Gasteiger partial charge in [-0.25, -0.2) is 15.0 Å². The lowest BCUT2D eigenvalue weighted by Crippen LogP contribution is -2.52. The Labute approximate surface area is 178 Å². The molecule has 2 aromatic heterocycles. The number of fused-ring (bicyclic) bond motifs is 1. The van der Waals surface area contributed by atoms with E-state index in [1.165, 1.54) is 12.7 Å². The minimum absolute atomic E-state index is 0.199. The second kappa shape index (κ2) is 8.94. The highest BCUT2D eigenvalue weighted by atomic mass is 16.5. The molecule has 4 rings (SSSR count). The SMILES string of the molecule is Nc1ncnc2c1ncn2[C@@H]1O[C@H](CO)C(O)[C@@H]1NC(=O)C(N)CCc1ccccc1. The number of hydrogen-bond acceptors (Lipinski definition) is 9. The third-order valence-electron chi connectivity index (χ3n) is 5.44. The summed E-state index contributed by atoms with van der Waals surface area (Å²) in [6.45, 7) is -0.423. The molecule has 11 heteroatoms. The van der Waals surface area contributed by atoms with Gasteiger partial charge in [0.15, 0.2) is 17.7 Å². The predicted molar refractivity (Wildman–Crippen MR) is 111 cm³/mol. The van der Waals surface area contributed by atoms with Crippen LogP contribution in [0.4, 0.5) is 5.82 Å². The first kappa shape index (κ1) is 21.1. The maximum atomic E-state index is 12.8. The zero-order valence-electron chi connectivity index (χ0n) is 16.7. The summed E-state index contributed by atoms with van der Waals surface area (Å²) in [6, 6.07) is 8.07. The van der Waals surface area contributed by atoms with Crippen molar-refractivity contribution in [3.8, 4) is 0 Å². The molecule has 0 spiro atoms. The number of hydrogen-bond donors (Lipinski definition) is 5. The number of aromatic nitrogens is 4. The van der Waals surface area contributed by atoms with E-state index in [0.717, 1.165) is 5.56 Å². The minimum atomic E-state index is -1.16. The van der Waals surface area contributed by atoms with Crippen LogP contribution in [0.5, 0.6) is 0 Å². The van der Waals surface area contributed by atoms with Crippen LogP contribution in [-0.2, 0) is 16.0 Å². The van der Waals surface area contributed by atoms with E-state index in [0.29, 0.717) is 24.0 Å². The van der Waals surface area contributed by atoms with Crippen molar-refractivity contribution >= 4 is 22.9 Å². The molecule has 0 aliphatic carbocycles. The summed E-state index contributed by atoms with van der Waals surface area (Å²) in [6.07, 6.45) is 0.899. The largest absolute Gasteiger partial charge is 0.394 e. The monoisotopic (exact) mass is 427 g/mol. The number of amides is 1. The normalized spacial score (nSPS) is 24.4. The van der Waals surface area contributed by atoms with Gasteiger partial charge in [-0.3, -0.25) is 9.36 Å². The van der Waals surface area contributed by atoms with Crippen molar-refractivity contribution < 1.29 is 19.7 Å². The average Bonchev–Trinajstić information content (AvgIpc) is 3.35. The van der Waals surface area contributed by atoms with Crippen molar-refractivity contribution in [2.24, 2.45) is 5.73 Å². The Kier molecular flexibility index (Phi) is 6.09. The quantitative estimate of drug-likeness (QED) is 0.320. The number of carbonyl (C=O) groups excluding carboxylic acids is 1. The van der Waals surface area contributed by atoms with E-state index in [-0.39, 0.29) is 5.82 Å². The summed E-state index contributed by atoms with van der Waals surface area (Å²) in [5.74, 6) is -0.227. The number of carbonyl (C=O) groups is 1. The van der Waals surface area contributed by atoms with Crippen LogP contribution < -0.4 is 16.8 Å². The van der Waals surface area contributed by atoms with Crippen molar-refractivity contribution in [1.82, 2.24) is 24.8 Å². The number of aliphatic hydroxyl groups is 2. The highest BCUT2D eigenvalue weighted by molar-refractivity contribution is 5.82. The summed E-state index contributed by atoms with van der Waals surface area (Å²) < 4.78 is 7.35. The van der Waals surface area contributed by atoms with Crippen molar-refractivity contribution in [2.75, 3.05) is 12.3 Å². The van der Waals surface area contributed by atoms with E-state index in [9.17, 15) is 15.0 Å². The molecular formula is C20H25N7O4. The first-order chi connectivity index (χ1) is 15.0. The molecule has 1 aliphatic rings. The Morgan fingerprint density at radius 3 is 2.77 bits per heavy atom. The standard InChI is InChI=1S/C20H25N7O4/c21-12(7-6-11-4-2-1-3-5-11)19(30)26-14-16(29)13(8-28)31-20(14)27-10-25-15-17(22)23-9-24-18(15)27/h1-5,9-10,12-14,16,20,28-29H,6-8,21H2,(H,26,30)(H2,22,23,24)/t12?,13-,14+,16?,20-/m1/s1. The number of nitrogens with one attached hydrogen (secondary N) is 1. The van der Waals surface area contributed by atoms with Crippen molar-refractivity contribution in [3.63, 3.8) is 0 Å². The number of nitrogens with zero attached hydrogens (tertiary/aromatic N) is 4. The Balaban J connectivity index is 1.51. The van der Waals surface area contributed by atoms with Gasteiger partial charge in [0.25, 0.3) is 0 Å². The molecule has 1 amide bonds. The molecule has 3 heterocycles. The highest BCUT2D eigenvalue weighted by Crippen LogP contribution is 2.32. The van der Waals surface area contributed by atoms with Crippen LogP contribution in [0, 0.1) is 0 Å². The molecule has 0 saturated carbocycles. The second-order valence-electron chi connectivity index (χ2n) is 7.49. The Morgan fingerprint density at radius 2 is 2.03 bits per heavy atom. The molecule has 7 N–H and O–H groups in total. The lowest BCUT2D eigenvalue weighted by molar-refractivity contribution is -0.124. The summed E-state index contributed by atoms with van der Waals surface area (Å²) >= 11 is 0. The Hall–Kier alpha value is -3.12. The van der Waals surface area contributed by atoms with E-state index in [1.54, 1.807) is 4.57 Å². The molecule has 1 saturated heterocycles. The van der Waals surface area contributed by atoms with Crippen LogP contribution in [0.15, 0.2) is 43.0 Å². The topological polar surface area (TPSA) is 174 Å². The van der Waals surface area contributed by atoms with E-state index >= 15 is 0 Å². The lowest BCUT2D eigenvalue weighted by Gasteiger charge is -2.24. The molecule has 2 unspecified atom stereocenters. The first-order valence-corrected chi connectivity index (χ1v) is 9.97. The molecule has 31 heavy (non-hydrogen) atoms. The summed E-state index contributed by atoms with van der Waals surface area (Å²) in [4.78, 5) is 25.0. The minimum Gasteiger partial charge on any atom is -0.394 e. The molecule has 1 aromatic carbocycles. The van der Waals surface area contributed by atoms with E-state index < -0.39 is 43.0 Å². The van der Waals surface area contributed by atoms with E-state index in [1.807, 2.05) is 30.3 Å². The summed E-state index contributed by atoms with van der Waals surface area (Å²) in [7, 11) is 0. The molecule has 1 aliphatic heterocycles. The molecular weight excluding hydrogens is 402 g/mol. The van der Waals surface area contributed by atoms with Crippen molar-refractivity contribution in [1.29, 1.82) is 0 Å². The Bertz CT molecular complexity index is 1040. The second-order valence-corrected chi connectivity index (χ2v) is 7.49. The van der Waals surface area contributed by atoms with Crippen LogP contribution in [0.25, 0.3) is 11.2 Å². The van der Waals surface area contributed by atoms with Gasteiger partial charge in [-0.05, 0) is 18.4 Å². The van der Waals surface area contributed by atoms with Gasteiger partial charge in [-0.1, -0.05) is 30.3 Å². The van der Waals surface area contributed by atoms with Crippen LogP contribution >= 0.6 is 0 Å². The van der Waals surface area contributed by atoms with Crippen molar-refractivity contribution in [2.45, 2.75) is 43.4 Å². The van der Waals surface area contributed by atoms with Gasteiger partial charge in [0.05, 0.1) is 19.0 Å². The highest BCUT2D eigenvalue weighted by Gasteiger charge is 2.46. The number of nitrogens with two attached hydrogens (primary N) is 2. The summed E-state index contributed by atoms with van der Waals surface area (Å²) in [5, 5.41) is 23.0. The van der Waals surface area contributed by atoms with Crippen LogP contribution in [0.1, 0.15) is 18.2 Å². The molecule has 5 atom stereocenters. The number of aryl methyl sites for hydroxylation is 1. The number of ether oxygens (including phenoxy) is 1. The number of imidazole rings is 1. The maximum absolute atomic E-state index is 12.8. The van der Waals surface area contributed by atoms with Gasteiger partial charge >= 0.3 is 0 Å².